The second-order valence-electron chi connectivity index (χ2n) is 4.20. The van der Waals surface area contributed by atoms with Crippen molar-refractivity contribution in [1.29, 1.82) is 0 Å². The standard InChI is InChI=1S/C13H8Cl2N2O2S/c14-7-1-2-10(15)9(3-7)11-5-17-8(4-12(18)19)6-20-13(17)16-11/h1-3,5-6H,4H2,(H,18,19). The number of aromatic nitrogens is 2. The Kier molecular flexibility index (Phi) is 3.41. The first-order valence-corrected chi connectivity index (χ1v) is 7.31. The molecule has 0 saturated carbocycles. The van der Waals surface area contributed by atoms with Gasteiger partial charge in [-0.2, -0.15) is 0 Å². The number of nitrogens with zero attached hydrogens (tertiary/aromatic N) is 2. The predicted octanol–water partition coefficient (Wildman–Crippen LogP) is 4.00. The maximum Gasteiger partial charge on any atom is 0.309 e. The number of carboxylic acid groups (broad SMARTS) is 1. The molecule has 0 aliphatic carbocycles. The summed E-state index contributed by atoms with van der Waals surface area (Å²) in [6, 6.07) is 5.17. The summed E-state index contributed by atoms with van der Waals surface area (Å²) in [5.41, 5.74) is 2.10. The quantitative estimate of drug-likeness (QED) is 0.791. The first kappa shape index (κ1) is 13.4. The summed E-state index contributed by atoms with van der Waals surface area (Å²) >= 11 is 13.5. The van der Waals surface area contributed by atoms with Gasteiger partial charge in [0.2, 0.25) is 0 Å². The van der Waals surface area contributed by atoms with Crippen molar-refractivity contribution in [1.82, 2.24) is 9.38 Å². The molecule has 0 unspecified atom stereocenters. The molecule has 2 aromatic heterocycles. The Morgan fingerprint density at radius 1 is 1.40 bits per heavy atom. The van der Waals surface area contributed by atoms with Crippen LogP contribution in [0.1, 0.15) is 5.69 Å². The largest absolute Gasteiger partial charge is 0.481 e. The number of thiazole rings is 1. The normalized spacial score (nSPS) is 11.1. The van der Waals surface area contributed by atoms with Crippen molar-refractivity contribution in [2.45, 2.75) is 6.42 Å². The number of halogens is 2. The van der Waals surface area contributed by atoms with Crippen molar-refractivity contribution in [2.24, 2.45) is 0 Å². The molecule has 1 N–H and O–H groups in total. The minimum atomic E-state index is -0.874. The summed E-state index contributed by atoms with van der Waals surface area (Å²) in [5.74, 6) is -0.874. The third kappa shape index (κ3) is 2.40. The van der Waals surface area contributed by atoms with Crippen molar-refractivity contribution in [3.8, 4) is 11.3 Å². The highest BCUT2D eigenvalue weighted by Crippen LogP contribution is 2.31. The van der Waals surface area contributed by atoms with E-state index in [1.807, 2.05) is 0 Å². The van der Waals surface area contributed by atoms with Gasteiger partial charge in [-0.15, -0.1) is 11.3 Å². The zero-order chi connectivity index (χ0) is 14.3. The average Bonchev–Trinajstić information content (AvgIpc) is 2.94. The van der Waals surface area contributed by atoms with Crippen LogP contribution in [0.25, 0.3) is 16.2 Å². The molecule has 0 spiro atoms. The van der Waals surface area contributed by atoms with Gasteiger partial charge in [-0.05, 0) is 18.2 Å². The van der Waals surface area contributed by atoms with Gasteiger partial charge in [-0.25, -0.2) is 4.98 Å². The van der Waals surface area contributed by atoms with E-state index in [1.54, 1.807) is 34.2 Å². The molecule has 3 rings (SSSR count). The van der Waals surface area contributed by atoms with Crippen molar-refractivity contribution < 1.29 is 9.90 Å². The molecule has 1 aromatic carbocycles. The van der Waals surface area contributed by atoms with Crippen LogP contribution in [0.4, 0.5) is 0 Å². The SMILES string of the molecule is O=C(O)Cc1csc2nc(-c3cc(Cl)ccc3Cl)cn12. The molecule has 0 atom stereocenters. The zero-order valence-corrected chi connectivity index (χ0v) is 12.3. The molecule has 0 saturated heterocycles. The summed E-state index contributed by atoms with van der Waals surface area (Å²) in [6.45, 7) is 0. The molecule has 0 aliphatic rings. The Bertz CT molecular complexity index is 810. The van der Waals surface area contributed by atoms with Crippen LogP contribution in [0.3, 0.4) is 0 Å². The predicted molar refractivity (Wildman–Crippen MR) is 79.9 cm³/mol. The lowest BCUT2D eigenvalue weighted by Gasteiger charge is -2.00. The molecule has 3 aromatic rings. The molecule has 0 bridgehead atoms. The number of benzene rings is 1. The Balaban J connectivity index is 2.11. The molecule has 0 amide bonds. The zero-order valence-electron chi connectivity index (χ0n) is 10.0. The van der Waals surface area contributed by atoms with Gasteiger partial charge in [0.05, 0.1) is 17.1 Å². The van der Waals surface area contributed by atoms with Crippen LogP contribution in [0.15, 0.2) is 29.8 Å². The molecule has 102 valence electrons. The van der Waals surface area contributed by atoms with Gasteiger partial charge in [0.15, 0.2) is 4.96 Å². The van der Waals surface area contributed by atoms with Crippen LogP contribution < -0.4 is 0 Å². The fraction of sp³-hybridized carbons (Fsp3) is 0.0769. The smallest absolute Gasteiger partial charge is 0.309 e. The van der Waals surface area contributed by atoms with E-state index in [1.165, 1.54) is 11.3 Å². The molecule has 20 heavy (non-hydrogen) atoms. The van der Waals surface area contributed by atoms with Crippen molar-refractivity contribution in [2.75, 3.05) is 0 Å². The Morgan fingerprint density at radius 2 is 2.20 bits per heavy atom. The number of aliphatic carboxylic acids is 1. The number of carboxylic acids is 1. The minimum Gasteiger partial charge on any atom is -0.481 e. The van der Waals surface area contributed by atoms with Crippen LogP contribution in [-0.2, 0) is 11.2 Å². The fourth-order valence-electron chi connectivity index (χ4n) is 1.94. The number of rotatable bonds is 3. The first-order chi connectivity index (χ1) is 9.54. The van der Waals surface area contributed by atoms with Crippen LogP contribution >= 0.6 is 34.5 Å². The van der Waals surface area contributed by atoms with Gasteiger partial charge in [-0.1, -0.05) is 23.2 Å². The van der Waals surface area contributed by atoms with Crippen LogP contribution in [-0.4, -0.2) is 20.5 Å². The van der Waals surface area contributed by atoms with Gasteiger partial charge >= 0.3 is 5.97 Å². The van der Waals surface area contributed by atoms with E-state index in [9.17, 15) is 4.79 Å². The molecule has 4 nitrogen and oxygen atoms in total. The third-order valence-corrected chi connectivity index (χ3v) is 4.27. The first-order valence-electron chi connectivity index (χ1n) is 5.67. The van der Waals surface area contributed by atoms with Crippen molar-refractivity contribution in [3.63, 3.8) is 0 Å². The van der Waals surface area contributed by atoms with E-state index in [2.05, 4.69) is 4.98 Å². The van der Waals surface area contributed by atoms with Gasteiger partial charge in [-0.3, -0.25) is 9.20 Å². The second kappa shape index (κ2) is 5.09. The molecule has 0 aliphatic heterocycles. The Hall–Kier alpha value is -1.56. The number of hydrogen-bond donors (Lipinski definition) is 1. The van der Waals surface area contributed by atoms with Gasteiger partial charge in [0, 0.05) is 27.9 Å². The maximum absolute atomic E-state index is 10.8. The molecule has 0 radical (unpaired) electrons. The minimum absolute atomic E-state index is 0.0426. The molecular weight excluding hydrogens is 319 g/mol. The highest BCUT2D eigenvalue weighted by atomic mass is 35.5. The highest BCUT2D eigenvalue weighted by Gasteiger charge is 2.13. The molecule has 0 fully saturated rings. The van der Waals surface area contributed by atoms with E-state index >= 15 is 0 Å². The van der Waals surface area contributed by atoms with Gasteiger partial charge in [0.25, 0.3) is 0 Å². The van der Waals surface area contributed by atoms with Crippen molar-refractivity contribution >= 4 is 45.5 Å². The number of fused-ring (bicyclic) bond motifs is 1. The lowest BCUT2D eigenvalue weighted by atomic mass is 10.2. The summed E-state index contributed by atoms with van der Waals surface area (Å²) < 4.78 is 1.77. The lowest BCUT2D eigenvalue weighted by Crippen LogP contribution is -2.02. The van der Waals surface area contributed by atoms with E-state index in [-0.39, 0.29) is 6.42 Å². The molecular formula is C13H8Cl2N2O2S. The summed E-state index contributed by atoms with van der Waals surface area (Å²) in [4.78, 5) is 16.0. The number of hydrogen-bond acceptors (Lipinski definition) is 3. The van der Waals surface area contributed by atoms with Crippen LogP contribution in [0.2, 0.25) is 10.0 Å². The second-order valence-corrected chi connectivity index (χ2v) is 5.88. The van der Waals surface area contributed by atoms with Crippen LogP contribution in [0.5, 0.6) is 0 Å². The van der Waals surface area contributed by atoms with Gasteiger partial charge in [0.1, 0.15) is 0 Å². The summed E-state index contributed by atoms with van der Waals surface area (Å²) in [7, 11) is 0. The highest BCUT2D eigenvalue weighted by molar-refractivity contribution is 7.15. The Labute approximate surface area is 128 Å². The maximum atomic E-state index is 10.8. The lowest BCUT2D eigenvalue weighted by molar-refractivity contribution is -0.136. The van der Waals surface area contributed by atoms with Gasteiger partial charge < -0.3 is 5.11 Å². The van der Waals surface area contributed by atoms with Crippen molar-refractivity contribution in [3.05, 3.63) is 45.5 Å². The number of carbonyl (C=O) groups is 1. The van der Waals surface area contributed by atoms with E-state index < -0.39 is 5.97 Å². The monoisotopic (exact) mass is 326 g/mol. The third-order valence-electron chi connectivity index (χ3n) is 2.82. The average molecular weight is 327 g/mol. The molecule has 2 heterocycles. The summed E-state index contributed by atoms with van der Waals surface area (Å²) in [6.07, 6.45) is 1.74. The van der Waals surface area contributed by atoms with E-state index in [4.69, 9.17) is 28.3 Å². The number of imidazole rings is 1. The fourth-order valence-corrected chi connectivity index (χ4v) is 3.19. The summed E-state index contributed by atoms with van der Waals surface area (Å²) in [5, 5.41) is 11.8. The topological polar surface area (TPSA) is 54.6 Å². The van der Waals surface area contributed by atoms with E-state index in [0.717, 1.165) is 10.5 Å². The van der Waals surface area contributed by atoms with E-state index in [0.29, 0.717) is 21.4 Å². The van der Waals surface area contributed by atoms with Crippen LogP contribution in [0, 0.1) is 0 Å². The Morgan fingerprint density at radius 3 is 2.95 bits per heavy atom. The molecule has 7 heteroatoms.